The van der Waals surface area contributed by atoms with Gasteiger partial charge in [0.05, 0.1) is 5.56 Å². The third-order valence-electron chi connectivity index (χ3n) is 1.72. The van der Waals surface area contributed by atoms with E-state index in [1.807, 2.05) is 5.32 Å². The van der Waals surface area contributed by atoms with Crippen LogP contribution in [0, 0.1) is 5.82 Å². The summed E-state index contributed by atoms with van der Waals surface area (Å²) in [6.07, 6.45) is -4.80. The normalized spacial score (nSPS) is 10.2. The fourth-order valence-electron chi connectivity index (χ4n) is 1.04. The lowest BCUT2D eigenvalue weighted by molar-refractivity contribution is -0.139. The maximum atomic E-state index is 12.8. The minimum absolute atomic E-state index is 0. The quantitative estimate of drug-likeness (QED) is 0.648. The highest BCUT2D eigenvalue weighted by Gasteiger charge is 2.34. The van der Waals surface area contributed by atoms with Crippen molar-refractivity contribution in [2.75, 3.05) is 5.32 Å². The van der Waals surface area contributed by atoms with Crippen LogP contribution in [0.4, 0.5) is 28.0 Å². The predicted molar refractivity (Wildman–Crippen MR) is 56.9 cm³/mol. The molecule has 0 fully saturated rings. The van der Waals surface area contributed by atoms with Crippen molar-refractivity contribution in [1.29, 1.82) is 0 Å². The molecule has 2 N–H and O–H groups in total. The van der Waals surface area contributed by atoms with Crippen molar-refractivity contribution in [2.24, 2.45) is 0 Å². The van der Waals surface area contributed by atoms with E-state index in [4.69, 9.17) is 0 Å². The van der Waals surface area contributed by atoms with Crippen LogP contribution in [0.25, 0.3) is 0 Å². The fraction of sp³-hybridized carbons (Fsp3) is 0.111. The molecule has 0 spiro atoms. The van der Waals surface area contributed by atoms with Crippen molar-refractivity contribution in [2.45, 2.75) is 6.18 Å². The van der Waals surface area contributed by atoms with Crippen LogP contribution < -0.4 is 10.6 Å². The van der Waals surface area contributed by atoms with E-state index in [-0.39, 0.29) is 24.5 Å². The predicted octanol–water partition coefficient (Wildman–Crippen LogP) is 2.54. The highest BCUT2D eigenvalue weighted by Crippen LogP contribution is 2.32. The molecule has 9 heteroatoms. The van der Waals surface area contributed by atoms with Gasteiger partial charge in [-0.2, -0.15) is 13.2 Å². The lowest BCUT2D eigenvalue weighted by Gasteiger charge is -2.10. The summed E-state index contributed by atoms with van der Waals surface area (Å²) < 4.78 is 49.7. The molecule has 0 radical (unpaired) electrons. The van der Waals surface area contributed by atoms with E-state index in [9.17, 15) is 27.2 Å². The molecule has 1 aromatic rings. The number of nitrogens with one attached hydrogen (secondary N) is 2. The molecular weight excluding hydrogens is 280 g/mol. The molecule has 0 atom stereocenters. The molecule has 0 bridgehead atoms. The van der Waals surface area contributed by atoms with Gasteiger partial charge in [-0.1, -0.05) is 0 Å². The van der Waals surface area contributed by atoms with Crippen molar-refractivity contribution in [3.05, 3.63) is 29.6 Å². The molecule has 0 heterocycles. The van der Waals surface area contributed by atoms with E-state index < -0.39 is 23.6 Å². The highest BCUT2D eigenvalue weighted by atomic mass is 35.5. The van der Waals surface area contributed by atoms with E-state index in [2.05, 4.69) is 0 Å². The van der Waals surface area contributed by atoms with Crippen LogP contribution >= 0.6 is 12.4 Å². The van der Waals surface area contributed by atoms with Crippen LogP contribution in [0.15, 0.2) is 18.2 Å². The minimum atomic E-state index is -4.86. The molecule has 0 saturated carbocycles. The number of anilines is 1. The Morgan fingerprint density at radius 2 is 1.89 bits per heavy atom. The largest absolute Gasteiger partial charge is 0.419 e. The van der Waals surface area contributed by atoms with E-state index in [0.717, 1.165) is 6.07 Å². The second-order valence-electron chi connectivity index (χ2n) is 2.91. The molecule has 0 saturated heterocycles. The number of benzene rings is 1. The van der Waals surface area contributed by atoms with Crippen molar-refractivity contribution in [3.8, 4) is 0 Å². The first-order chi connectivity index (χ1) is 7.84. The van der Waals surface area contributed by atoms with Gasteiger partial charge in [0.25, 0.3) is 0 Å². The molecule has 18 heavy (non-hydrogen) atoms. The van der Waals surface area contributed by atoms with Crippen LogP contribution in [-0.2, 0) is 11.0 Å². The highest BCUT2D eigenvalue weighted by molar-refractivity contribution is 5.95. The third kappa shape index (κ3) is 4.21. The van der Waals surface area contributed by atoms with Crippen LogP contribution in [0.2, 0.25) is 0 Å². The molecule has 0 aliphatic rings. The number of rotatable bonds is 2. The number of alkyl halides is 3. The Bertz CT molecular complexity index is 451. The summed E-state index contributed by atoms with van der Waals surface area (Å²) >= 11 is 0. The number of imide groups is 1. The van der Waals surface area contributed by atoms with E-state index in [1.54, 1.807) is 5.32 Å². The first-order valence-electron chi connectivity index (χ1n) is 4.22. The summed E-state index contributed by atoms with van der Waals surface area (Å²) in [5.41, 5.74) is -1.78. The van der Waals surface area contributed by atoms with Gasteiger partial charge in [0.15, 0.2) is 0 Å². The fourth-order valence-corrected chi connectivity index (χ4v) is 1.04. The number of hydrogen-bond acceptors (Lipinski definition) is 2. The lowest BCUT2D eigenvalue weighted by Crippen LogP contribution is -2.27. The Hall–Kier alpha value is -1.83. The molecule has 0 aromatic heterocycles. The lowest BCUT2D eigenvalue weighted by atomic mass is 10.2. The SMILES string of the molecule is Cl.O=CNC(=O)Nc1ccc(F)c(C(F)(F)F)c1. The van der Waals surface area contributed by atoms with Gasteiger partial charge in [-0.3, -0.25) is 10.1 Å². The molecule has 4 nitrogen and oxygen atoms in total. The van der Waals surface area contributed by atoms with Crippen LogP contribution in [0.5, 0.6) is 0 Å². The number of carbonyl (C=O) groups excluding carboxylic acids is 2. The molecule has 0 aliphatic carbocycles. The molecule has 1 aromatic carbocycles. The van der Waals surface area contributed by atoms with Gasteiger partial charge in [-0.05, 0) is 18.2 Å². The topological polar surface area (TPSA) is 58.2 Å². The summed E-state index contributed by atoms with van der Waals surface area (Å²) in [6, 6.07) is 0.924. The van der Waals surface area contributed by atoms with Gasteiger partial charge in [0.1, 0.15) is 5.82 Å². The van der Waals surface area contributed by atoms with Crippen LogP contribution in [0.3, 0.4) is 0 Å². The van der Waals surface area contributed by atoms with Gasteiger partial charge < -0.3 is 5.32 Å². The zero-order chi connectivity index (χ0) is 13.1. The maximum absolute atomic E-state index is 12.8. The molecule has 0 unspecified atom stereocenters. The third-order valence-corrected chi connectivity index (χ3v) is 1.72. The minimum Gasteiger partial charge on any atom is -0.308 e. The van der Waals surface area contributed by atoms with E-state index in [1.165, 1.54) is 0 Å². The van der Waals surface area contributed by atoms with Gasteiger partial charge in [0, 0.05) is 5.69 Å². The van der Waals surface area contributed by atoms with Crippen molar-refractivity contribution in [1.82, 2.24) is 5.32 Å². The molecule has 100 valence electrons. The summed E-state index contributed by atoms with van der Waals surface area (Å²) in [5, 5.41) is 3.60. The number of urea groups is 1. The first-order valence-corrected chi connectivity index (χ1v) is 4.22. The van der Waals surface area contributed by atoms with Crippen molar-refractivity contribution < 1.29 is 27.2 Å². The summed E-state index contributed by atoms with van der Waals surface area (Å²) in [4.78, 5) is 20.7. The van der Waals surface area contributed by atoms with Gasteiger partial charge in [-0.25, -0.2) is 9.18 Å². The van der Waals surface area contributed by atoms with Gasteiger partial charge in [0.2, 0.25) is 6.41 Å². The van der Waals surface area contributed by atoms with Gasteiger partial charge >= 0.3 is 12.2 Å². The number of halogens is 5. The summed E-state index contributed by atoms with van der Waals surface area (Å²) in [5.74, 6) is -1.45. The van der Waals surface area contributed by atoms with Gasteiger partial charge in [-0.15, -0.1) is 12.4 Å². The average molecular weight is 287 g/mol. The zero-order valence-electron chi connectivity index (χ0n) is 8.55. The van der Waals surface area contributed by atoms with E-state index in [0.29, 0.717) is 12.1 Å². The Kier molecular flexibility index (Phi) is 5.57. The molecule has 1 rings (SSSR count). The molecule has 0 aliphatic heterocycles. The van der Waals surface area contributed by atoms with Crippen molar-refractivity contribution in [3.63, 3.8) is 0 Å². The number of amides is 3. The monoisotopic (exact) mass is 286 g/mol. The Labute approximate surface area is 105 Å². The Balaban J connectivity index is 0.00000289. The molecular formula is C9H7ClF4N2O2. The van der Waals surface area contributed by atoms with Crippen LogP contribution in [-0.4, -0.2) is 12.4 Å². The Morgan fingerprint density at radius 3 is 2.39 bits per heavy atom. The number of carbonyl (C=O) groups is 2. The smallest absolute Gasteiger partial charge is 0.308 e. The van der Waals surface area contributed by atoms with Crippen LogP contribution in [0.1, 0.15) is 5.56 Å². The summed E-state index contributed by atoms with van der Waals surface area (Å²) in [6.45, 7) is 0. The first kappa shape index (κ1) is 16.2. The maximum Gasteiger partial charge on any atom is 0.419 e. The Morgan fingerprint density at radius 1 is 1.28 bits per heavy atom. The van der Waals surface area contributed by atoms with Crippen molar-refractivity contribution >= 4 is 30.5 Å². The number of hydrogen-bond donors (Lipinski definition) is 2. The van der Waals surface area contributed by atoms with E-state index >= 15 is 0 Å². The average Bonchev–Trinajstić information content (AvgIpc) is 2.19. The second-order valence-corrected chi connectivity index (χ2v) is 2.91. The zero-order valence-corrected chi connectivity index (χ0v) is 9.36. The molecule has 3 amide bonds. The second kappa shape index (κ2) is 6.20. The standard InChI is InChI=1S/C9H6F4N2O2.ClH/c10-7-2-1-5(15-8(17)14-4-16)3-6(7)9(11,12)13;/h1-4H,(H2,14,15,16,17);1H. The summed E-state index contributed by atoms with van der Waals surface area (Å²) in [7, 11) is 0.